The number of carbonyl (C=O) groups is 2. The van der Waals surface area contributed by atoms with Gasteiger partial charge in [-0.15, -0.1) is 11.3 Å². The topological polar surface area (TPSA) is 50.3 Å². The van der Waals surface area contributed by atoms with Gasteiger partial charge in [0.25, 0.3) is 0 Å². The number of benzene rings is 2. The highest BCUT2D eigenvalue weighted by Crippen LogP contribution is 2.37. The van der Waals surface area contributed by atoms with Crippen molar-refractivity contribution in [2.75, 3.05) is 4.90 Å². The SMILES string of the molecule is O=C1C[C@H](Sc2nc3ccccc3s2)C(=O)N1c1ccccc1. The number of thiazole rings is 1. The largest absolute Gasteiger partial charge is 0.274 e. The molecule has 1 aliphatic rings. The van der Waals surface area contributed by atoms with E-state index in [2.05, 4.69) is 4.98 Å². The molecule has 4 rings (SSSR count). The molecule has 0 saturated carbocycles. The van der Waals surface area contributed by atoms with Crippen molar-refractivity contribution in [1.82, 2.24) is 4.98 Å². The van der Waals surface area contributed by atoms with Crippen molar-refractivity contribution in [3.63, 3.8) is 0 Å². The molecular formula is C17H12N2O2S2. The Balaban J connectivity index is 1.58. The van der Waals surface area contributed by atoms with Crippen LogP contribution in [0, 0.1) is 0 Å². The highest BCUT2D eigenvalue weighted by molar-refractivity contribution is 8.02. The van der Waals surface area contributed by atoms with Crippen LogP contribution in [0.2, 0.25) is 0 Å². The zero-order valence-electron chi connectivity index (χ0n) is 12.0. The standard InChI is InChI=1S/C17H12N2O2S2/c20-15-10-14(16(21)19(15)11-6-2-1-3-7-11)23-17-18-12-8-4-5-9-13(12)22-17/h1-9,14H,10H2/t14-/m0/s1. The van der Waals surface area contributed by atoms with E-state index in [4.69, 9.17) is 0 Å². The molecule has 0 bridgehead atoms. The summed E-state index contributed by atoms with van der Waals surface area (Å²) in [5, 5.41) is -0.400. The Kier molecular flexibility index (Phi) is 3.63. The maximum Gasteiger partial charge on any atom is 0.247 e. The number of para-hydroxylation sites is 2. The summed E-state index contributed by atoms with van der Waals surface area (Å²) in [4.78, 5) is 30.6. The molecule has 2 aromatic carbocycles. The lowest BCUT2D eigenvalue weighted by molar-refractivity contribution is -0.121. The van der Waals surface area contributed by atoms with Crippen LogP contribution < -0.4 is 4.90 Å². The third-order valence-corrected chi connectivity index (χ3v) is 5.95. The van der Waals surface area contributed by atoms with Crippen LogP contribution in [0.4, 0.5) is 5.69 Å². The number of nitrogens with zero attached hydrogens (tertiary/aromatic N) is 2. The lowest BCUT2D eigenvalue weighted by Gasteiger charge is -2.14. The Morgan fingerprint density at radius 2 is 1.78 bits per heavy atom. The van der Waals surface area contributed by atoms with Crippen LogP contribution >= 0.6 is 23.1 Å². The minimum absolute atomic E-state index is 0.153. The van der Waals surface area contributed by atoms with Gasteiger partial charge in [0.2, 0.25) is 11.8 Å². The summed E-state index contributed by atoms with van der Waals surface area (Å²) >= 11 is 2.94. The summed E-state index contributed by atoms with van der Waals surface area (Å²) in [6.45, 7) is 0. The van der Waals surface area contributed by atoms with E-state index in [-0.39, 0.29) is 18.2 Å². The Hall–Kier alpha value is -2.18. The van der Waals surface area contributed by atoms with Crippen molar-refractivity contribution in [2.24, 2.45) is 0 Å². The first kappa shape index (κ1) is 14.4. The number of fused-ring (bicyclic) bond motifs is 1. The second kappa shape index (κ2) is 5.79. The summed E-state index contributed by atoms with van der Waals surface area (Å²) < 4.78 is 1.92. The van der Waals surface area contributed by atoms with Crippen molar-refractivity contribution in [1.29, 1.82) is 0 Å². The third kappa shape index (κ3) is 2.64. The Morgan fingerprint density at radius 1 is 1.04 bits per heavy atom. The highest BCUT2D eigenvalue weighted by atomic mass is 32.2. The molecule has 114 valence electrons. The molecule has 1 atom stereocenters. The molecule has 2 amide bonds. The monoisotopic (exact) mass is 340 g/mol. The molecule has 0 spiro atoms. The molecule has 1 aliphatic heterocycles. The number of imide groups is 1. The molecule has 0 aliphatic carbocycles. The van der Waals surface area contributed by atoms with E-state index < -0.39 is 5.25 Å². The summed E-state index contributed by atoms with van der Waals surface area (Å²) in [5.41, 5.74) is 1.56. The first-order valence-corrected chi connectivity index (χ1v) is 8.86. The van der Waals surface area contributed by atoms with Crippen LogP contribution in [0.1, 0.15) is 6.42 Å². The van der Waals surface area contributed by atoms with Gasteiger partial charge in [-0.3, -0.25) is 9.59 Å². The van der Waals surface area contributed by atoms with Crippen molar-refractivity contribution in [2.45, 2.75) is 16.0 Å². The number of amides is 2. The molecule has 2 heterocycles. The first-order valence-electron chi connectivity index (χ1n) is 7.16. The summed E-state index contributed by atoms with van der Waals surface area (Å²) in [5.74, 6) is -0.315. The van der Waals surface area contributed by atoms with E-state index in [1.807, 2.05) is 42.5 Å². The predicted octanol–water partition coefficient (Wildman–Crippen LogP) is 3.72. The van der Waals surface area contributed by atoms with E-state index in [0.717, 1.165) is 14.6 Å². The highest BCUT2D eigenvalue weighted by Gasteiger charge is 2.40. The molecule has 0 N–H and O–H groups in total. The molecule has 1 aromatic heterocycles. The Bertz CT molecular complexity index is 859. The van der Waals surface area contributed by atoms with Gasteiger partial charge >= 0.3 is 0 Å². The summed E-state index contributed by atoms with van der Waals surface area (Å²) in [6.07, 6.45) is 0.217. The molecule has 23 heavy (non-hydrogen) atoms. The fourth-order valence-electron chi connectivity index (χ4n) is 2.57. The number of rotatable bonds is 3. The van der Waals surface area contributed by atoms with Crippen LogP contribution in [-0.2, 0) is 9.59 Å². The fraction of sp³-hybridized carbons (Fsp3) is 0.118. The second-order valence-corrected chi connectivity index (χ2v) is 7.64. The van der Waals surface area contributed by atoms with Crippen LogP contribution in [0.15, 0.2) is 58.9 Å². The minimum atomic E-state index is -0.400. The van der Waals surface area contributed by atoms with E-state index in [9.17, 15) is 9.59 Å². The minimum Gasteiger partial charge on any atom is -0.274 e. The normalized spacial score (nSPS) is 18.1. The van der Waals surface area contributed by atoms with E-state index >= 15 is 0 Å². The number of hydrogen-bond donors (Lipinski definition) is 0. The lowest BCUT2D eigenvalue weighted by atomic mass is 10.3. The van der Waals surface area contributed by atoms with Crippen LogP contribution in [0.3, 0.4) is 0 Å². The summed E-state index contributed by atoms with van der Waals surface area (Å²) in [7, 11) is 0. The number of hydrogen-bond acceptors (Lipinski definition) is 5. The number of thioether (sulfide) groups is 1. The van der Waals surface area contributed by atoms with Crippen molar-refractivity contribution < 1.29 is 9.59 Å². The van der Waals surface area contributed by atoms with Gasteiger partial charge < -0.3 is 0 Å². The van der Waals surface area contributed by atoms with Gasteiger partial charge in [-0.1, -0.05) is 42.1 Å². The summed E-state index contributed by atoms with van der Waals surface area (Å²) in [6, 6.07) is 16.9. The van der Waals surface area contributed by atoms with Crippen LogP contribution in [0.25, 0.3) is 10.2 Å². The van der Waals surface area contributed by atoms with Gasteiger partial charge in [-0.2, -0.15) is 0 Å². The predicted molar refractivity (Wildman–Crippen MR) is 92.8 cm³/mol. The van der Waals surface area contributed by atoms with Gasteiger partial charge in [0, 0.05) is 6.42 Å². The van der Waals surface area contributed by atoms with Gasteiger partial charge in [0.1, 0.15) is 5.25 Å². The Morgan fingerprint density at radius 3 is 2.57 bits per heavy atom. The second-order valence-electron chi connectivity index (χ2n) is 5.16. The smallest absolute Gasteiger partial charge is 0.247 e. The van der Waals surface area contributed by atoms with Gasteiger partial charge in [0.05, 0.1) is 15.9 Å². The maximum atomic E-state index is 12.6. The zero-order valence-corrected chi connectivity index (χ0v) is 13.6. The number of carbonyl (C=O) groups excluding carboxylic acids is 2. The van der Waals surface area contributed by atoms with Gasteiger partial charge in [-0.05, 0) is 24.3 Å². The van der Waals surface area contributed by atoms with E-state index in [0.29, 0.717) is 5.69 Å². The molecule has 0 unspecified atom stereocenters. The van der Waals surface area contributed by atoms with Crippen LogP contribution in [-0.4, -0.2) is 22.0 Å². The molecule has 6 heteroatoms. The molecule has 3 aromatic rings. The van der Waals surface area contributed by atoms with Crippen molar-refractivity contribution >= 4 is 50.8 Å². The molecule has 4 nitrogen and oxygen atoms in total. The van der Waals surface area contributed by atoms with E-state index in [1.54, 1.807) is 23.5 Å². The average molecular weight is 340 g/mol. The van der Waals surface area contributed by atoms with E-state index in [1.165, 1.54) is 16.7 Å². The first-order chi connectivity index (χ1) is 11.2. The van der Waals surface area contributed by atoms with Crippen molar-refractivity contribution in [3.8, 4) is 0 Å². The third-order valence-electron chi connectivity index (χ3n) is 3.64. The van der Waals surface area contributed by atoms with Crippen molar-refractivity contribution in [3.05, 3.63) is 54.6 Å². The van der Waals surface area contributed by atoms with Crippen LogP contribution in [0.5, 0.6) is 0 Å². The molecular weight excluding hydrogens is 328 g/mol. The zero-order chi connectivity index (χ0) is 15.8. The fourth-order valence-corrected chi connectivity index (χ4v) is 4.90. The number of aromatic nitrogens is 1. The van der Waals surface area contributed by atoms with Gasteiger partial charge in [-0.25, -0.2) is 9.88 Å². The Labute approximate surface area is 141 Å². The lowest BCUT2D eigenvalue weighted by Crippen LogP contribution is -2.30. The quantitative estimate of drug-likeness (QED) is 0.682. The molecule has 1 saturated heterocycles. The number of anilines is 1. The molecule has 0 radical (unpaired) electrons. The average Bonchev–Trinajstić information content (AvgIpc) is 3.09. The molecule has 1 fully saturated rings. The van der Waals surface area contributed by atoms with Gasteiger partial charge in [0.15, 0.2) is 4.34 Å². The maximum absolute atomic E-state index is 12.6.